The van der Waals surface area contributed by atoms with Gasteiger partial charge in [0.2, 0.25) is 0 Å². The van der Waals surface area contributed by atoms with Crippen LogP contribution in [0.5, 0.6) is 0 Å². The van der Waals surface area contributed by atoms with Crippen molar-refractivity contribution in [2.24, 2.45) is 0 Å². The summed E-state index contributed by atoms with van der Waals surface area (Å²) in [6.07, 6.45) is 6.82. The fourth-order valence-electron chi connectivity index (χ4n) is 7.10. The van der Waals surface area contributed by atoms with E-state index in [2.05, 4.69) is 179 Å². The summed E-state index contributed by atoms with van der Waals surface area (Å²) < 4.78 is 2.45. The minimum Gasteiger partial charge on any atom is -0.385 e. The molecule has 2 N–H and O–H groups in total. The molecule has 0 atom stereocenters. The highest BCUT2D eigenvalue weighted by Gasteiger charge is 2.45. The van der Waals surface area contributed by atoms with Crippen LogP contribution in [0.3, 0.4) is 0 Å². The van der Waals surface area contributed by atoms with Crippen molar-refractivity contribution in [1.82, 2.24) is 15.2 Å². The Kier molecular flexibility index (Phi) is 6.62. The Hall–Kier alpha value is -5.32. The largest absolute Gasteiger partial charge is 0.385 e. The van der Waals surface area contributed by atoms with Crippen LogP contribution in [-0.2, 0) is 13.1 Å². The molecule has 0 aliphatic carbocycles. The molecule has 0 spiro atoms. The first-order chi connectivity index (χ1) is 21.8. The number of aromatic nitrogens is 1. The molecule has 2 aliphatic heterocycles. The number of hydrogen-bond donors (Lipinski definition) is 2. The van der Waals surface area contributed by atoms with Crippen molar-refractivity contribution in [3.8, 4) is 16.8 Å². The van der Waals surface area contributed by atoms with Crippen molar-refractivity contribution in [2.75, 3.05) is 0 Å². The third-order valence-electron chi connectivity index (χ3n) is 9.08. The van der Waals surface area contributed by atoms with Crippen LogP contribution in [0.4, 0.5) is 0 Å². The monoisotopic (exact) mass is 583 g/mol. The number of hydrogen-bond acceptors (Lipinski definition) is 2. The summed E-state index contributed by atoms with van der Waals surface area (Å²) in [6, 6.07) is 53.1. The van der Waals surface area contributed by atoms with E-state index < -0.39 is 8.07 Å². The Labute approximate surface area is 259 Å². The summed E-state index contributed by atoms with van der Waals surface area (Å²) in [5.74, 6) is 0. The van der Waals surface area contributed by atoms with Crippen molar-refractivity contribution >= 4 is 35.8 Å². The number of nitrogens with one attached hydrogen (secondary N) is 2. The molecule has 212 valence electrons. The van der Waals surface area contributed by atoms with E-state index in [9.17, 15) is 0 Å². The maximum Gasteiger partial charge on any atom is 0.198 e. The van der Waals surface area contributed by atoms with Gasteiger partial charge < -0.3 is 15.2 Å². The lowest BCUT2D eigenvalue weighted by atomic mass is 10.1. The Balaban J connectivity index is 1.39. The van der Waals surface area contributed by atoms with Gasteiger partial charge in [-0.3, -0.25) is 0 Å². The van der Waals surface area contributed by atoms with Gasteiger partial charge in [0.25, 0.3) is 0 Å². The SMILES string of the molecule is C1=Cc2c3c(n(-c4ccccc4)c2CN1)CNC([Si](c1ccccc1)(c1ccccc1)c1ccc(-c2ccccc2)cc1)=C3. The molecule has 3 nitrogen and oxygen atoms in total. The maximum atomic E-state index is 4.03. The van der Waals surface area contributed by atoms with Gasteiger partial charge in [-0.1, -0.05) is 133 Å². The lowest BCUT2D eigenvalue weighted by Gasteiger charge is -2.38. The molecule has 0 radical (unpaired) electrons. The molecule has 6 aromatic rings. The fraction of sp³-hybridized carbons (Fsp3) is 0.0500. The first-order valence-electron chi connectivity index (χ1n) is 15.3. The van der Waals surface area contributed by atoms with E-state index in [4.69, 9.17) is 0 Å². The molecule has 0 unspecified atom stereocenters. The average Bonchev–Trinajstić information content (AvgIpc) is 3.44. The molecule has 0 saturated carbocycles. The van der Waals surface area contributed by atoms with Crippen LogP contribution in [0.1, 0.15) is 22.5 Å². The van der Waals surface area contributed by atoms with Crippen LogP contribution in [-0.4, -0.2) is 12.6 Å². The normalized spacial score (nSPS) is 13.7. The smallest absolute Gasteiger partial charge is 0.198 e. The van der Waals surface area contributed by atoms with E-state index in [0.717, 1.165) is 13.1 Å². The lowest BCUT2D eigenvalue weighted by Crippen LogP contribution is -2.70. The van der Waals surface area contributed by atoms with E-state index in [1.54, 1.807) is 0 Å². The maximum absolute atomic E-state index is 4.03. The number of nitrogens with zero attached hydrogens (tertiary/aromatic N) is 1. The van der Waals surface area contributed by atoms with E-state index in [-0.39, 0.29) is 0 Å². The lowest BCUT2D eigenvalue weighted by molar-refractivity contribution is 0.739. The summed E-state index contributed by atoms with van der Waals surface area (Å²) in [7, 11) is -2.73. The van der Waals surface area contributed by atoms with Crippen LogP contribution in [0.15, 0.2) is 157 Å². The molecule has 0 amide bonds. The number of fused-ring (bicyclic) bond motifs is 3. The zero-order chi connectivity index (χ0) is 29.3. The summed E-state index contributed by atoms with van der Waals surface area (Å²) in [6.45, 7) is 1.56. The second-order valence-corrected chi connectivity index (χ2v) is 15.2. The molecule has 8 rings (SSSR count). The van der Waals surface area contributed by atoms with Gasteiger partial charge in [0, 0.05) is 22.1 Å². The molecule has 44 heavy (non-hydrogen) atoms. The van der Waals surface area contributed by atoms with Crippen LogP contribution >= 0.6 is 0 Å². The Morgan fingerprint density at radius 1 is 0.500 bits per heavy atom. The van der Waals surface area contributed by atoms with Crippen molar-refractivity contribution in [3.63, 3.8) is 0 Å². The van der Waals surface area contributed by atoms with Crippen molar-refractivity contribution in [2.45, 2.75) is 13.1 Å². The third-order valence-corrected chi connectivity index (χ3v) is 13.8. The van der Waals surface area contributed by atoms with E-state index in [0.29, 0.717) is 0 Å². The van der Waals surface area contributed by atoms with E-state index in [1.165, 1.54) is 60.2 Å². The Morgan fingerprint density at radius 2 is 1.02 bits per heavy atom. The van der Waals surface area contributed by atoms with Gasteiger partial charge in [0.1, 0.15) is 0 Å². The number of para-hydroxylation sites is 1. The van der Waals surface area contributed by atoms with Gasteiger partial charge in [0.15, 0.2) is 8.07 Å². The number of benzene rings is 5. The van der Waals surface area contributed by atoms with Crippen molar-refractivity contribution in [3.05, 3.63) is 180 Å². The van der Waals surface area contributed by atoms with Crippen molar-refractivity contribution in [1.29, 1.82) is 0 Å². The molecule has 0 saturated heterocycles. The average molecular weight is 584 g/mol. The summed E-state index contributed by atoms with van der Waals surface area (Å²) in [5.41, 5.74) is 8.91. The van der Waals surface area contributed by atoms with Gasteiger partial charge in [-0.2, -0.15) is 0 Å². The van der Waals surface area contributed by atoms with Crippen LogP contribution in [0.25, 0.3) is 29.0 Å². The molecule has 0 fully saturated rings. The van der Waals surface area contributed by atoms with Gasteiger partial charge in [-0.05, 0) is 57.2 Å². The summed E-state index contributed by atoms with van der Waals surface area (Å²) in [4.78, 5) is 0. The van der Waals surface area contributed by atoms with Gasteiger partial charge in [-0.15, -0.1) is 0 Å². The first kappa shape index (κ1) is 26.3. The Morgan fingerprint density at radius 3 is 1.66 bits per heavy atom. The van der Waals surface area contributed by atoms with Crippen LogP contribution in [0.2, 0.25) is 0 Å². The second kappa shape index (κ2) is 11.1. The van der Waals surface area contributed by atoms with Crippen molar-refractivity contribution < 1.29 is 0 Å². The molecule has 1 aromatic heterocycles. The van der Waals surface area contributed by atoms with Crippen LogP contribution in [0, 0.1) is 0 Å². The third kappa shape index (κ3) is 4.26. The zero-order valence-corrected chi connectivity index (χ0v) is 25.4. The zero-order valence-electron chi connectivity index (χ0n) is 24.4. The van der Waals surface area contributed by atoms with E-state index >= 15 is 0 Å². The highest BCUT2D eigenvalue weighted by molar-refractivity contribution is 7.16. The fourth-order valence-corrected chi connectivity index (χ4v) is 11.8. The summed E-state index contributed by atoms with van der Waals surface area (Å²) >= 11 is 0. The minimum absolute atomic E-state index is 0.757. The highest BCUT2D eigenvalue weighted by Crippen LogP contribution is 2.35. The highest BCUT2D eigenvalue weighted by atomic mass is 28.3. The molecule has 5 aromatic carbocycles. The number of rotatable bonds is 6. The van der Waals surface area contributed by atoms with E-state index in [1.807, 2.05) is 0 Å². The predicted octanol–water partition coefficient (Wildman–Crippen LogP) is 6.37. The van der Waals surface area contributed by atoms with Gasteiger partial charge in [0.05, 0.1) is 24.5 Å². The van der Waals surface area contributed by atoms with Crippen LogP contribution < -0.4 is 26.2 Å². The molecule has 2 aliphatic rings. The standard InChI is InChI=1S/C40H33N3Si/c1-5-13-30(14-6-1)31-21-23-35(24-22-31)44(33-17-9-3-10-18-33,34-19-11-4-12-20-34)40-27-37-36-25-26-41-28-38(36)43(39(37)29-42-40)32-15-7-2-8-16-32/h1-27,41-42H,28-29H2. The second-order valence-electron chi connectivity index (χ2n) is 11.4. The predicted molar refractivity (Wildman–Crippen MR) is 186 cm³/mol. The quantitative estimate of drug-likeness (QED) is 0.176. The Bertz CT molecular complexity index is 1940. The molecular formula is C40H33N3Si. The topological polar surface area (TPSA) is 29.0 Å². The molecular weight excluding hydrogens is 551 g/mol. The van der Waals surface area contributed by atoms with Gasteiger partial charge >= 0.3 is 0 Å². The van der Waals surface area contributed by atoms with Gasteiger partial charge in [-0.25, -0.2) is 0 Å². The molecule has 0 bridgehead atoms. The summed E-state index contributed by atoms with van der Waals surface area (Å²) in [5, 5.41) is 12.9. The molecule has 3 heterocycles. The molecule has 4 heteroatoms. The first-order valence-corrected chi connectivity index (χ1v) is 17.3. The minimum atomic E-state index is -2.73.